The standard InChI is InChI=1S/C12H23NO4.HI.Os/c1-12(2,3)17-11(15)13-6-4-10(5-7-13)16-9-8-14;;/h10,14H,4-9H2,1-3H3;1H;/q;;+1/p-1. The van der Waals surface area contributed by atoms with Crippen molar-refractivity contribution in [3.8, 4) is 0 Å². The van der Waals surface area contributed by atoms with Crippen molar-refractivity contribution in [2.45, 2.75) is 45.3 Å². The van der Waals surface area contributed by atoms with Crippen molar-refractivity contribution in [2.24, 2.45) is 0 Å². The number of aliphatic hydroxyl groups is 1. The van der Waals surface area contributed by atoms with Crippen LogP contribution in [-0.4, -0.2) is 54.1 Å². The molecule has 0 aromatic rings. The zero-order valence-electron chi connectivity index (χ0n) is 11.7. The molecule has 1 fully saturated rings. The van der Waals surface area contributed by atoms with Gasteiger partial charge < -0.3 is 19.5 Å². The molecule has 7 heteroatoms. The van der Waals surface area contributed by atoms with E-state index in [9.17, 15) is 4.79 Å². The Morgan fingerprint density at radius 3 is 2.32 bits per heavy atom. The Labute approximate surface area is 136 Å². The average molecular weight is 562 g/mol. The maximum absolute atomic E-state index is 11.8. The molecule has 0 atom stereocenters. The number of piperidine rings is 1. The molecule has 0 spiro atoms. The van der Waals surface area contributed by atoms with E-state index in [1.165, 1.54) is 0 Å². The van der Waals surface area contributed by atoms with Crippen molar-refractivity contribution in [1.29, 1.82) is 0 Å². The summed E-state index contributed by atoms with van der Waals surface area (Å²) in [6, 6.07) is 0. The van der Waals surface area contributed by atoms with Crippen molar-refractivity contribution in [3.63, 3.8) is 0 Å². The first-order chi connectivity index (χ1) is 8.92. The summed E-state index contributed by atoms with van der Waals surface area (Å²) < 4.78 is 10.7. The van der Waals surface area contributed by atoms with Crippen LogP contribution in [0.5, 0.6) is 0 Å². The van der Waals surface area contributed by atoms with Gasteiger partial charge in [-0.1, -0.05) is 0 Å². The number of aliphatic hydroxyl groups excluding tert-OH is 1. The molecule has 1 rings (SSSR count). The minimum atomic E-state index is -0.443. The van der Waals surface area contributed by atoms with E-state index in [1.807, 2.05) is 35.8 Å². The van der Waals surface area contributed by atoms with Gasteiger partial charge in [-0.25, -0.2) is 4.79 Å². The topological polar surface area (TPSA) is 59.0 Å². The minimum absolute atomic E-state index is 0.0479. The number of carbonyl (C=O) groups is 1. The molecule has 1 N–H and O–H groups in total. The number of likely N-dealkylation sites (tertiary alicyclic amines) is 1. The van der Waals surface area contributed by atoms with Gasteiger partial charge in [0.25, 0.3) is 0 Å². The van der Waals surface area contributed by atoms with E-state index in [1.54, 1.807) is 4.90 Å². The molecule has 19 heavy (non-hydrogen) atoms. The Morgan fingerprint density at radius 1 is 1.37 bits per heavy atom. The van der Waals surface area contributed by atoms with Crippen LogP contribution in [0.15, 0.2) is 0 Å². The fraction of sp³-hybridized carbons (Fsp3) is 0.917. The van der Waals surface area contributed by atoms with Crippen molar-refractivity contribution in [2.75, 3.05) is 26.3 Å². The van der Waals surface area contributed by atoms with Crippen LogP contribution in [0.25, 0.3) is 0 Å². The molecule has 0 saturated carbocycles. The molecular formula is C12H23INO4Os. The Hall–Kier alpha value is 0.556. The zero-order valence-corrected chi connectivity index (χ0v) is 16.4. The molecule has 1 aliphatic rings. The van der Waals surface area contributed by atoms with Crippen LogP contribution < -0.4 is 0 Å². The van der Waals surface area contributed by atoms with Gasteiger partial charge in [0.05, 0.1) is 19.3 Å². The van der Waals surface area contributed by atoms with Crippen LogP contribution in [0.1, 0.15) is 33.6 Å². The first-order valence-electron chi connectivity index (χ1n) is 6.26. The number of halogens is 1. The summed E-state index contributed by atoms with van der Waals surface area (Å²) in [4.78, 5) is 13.5. The second-order valence-electron chi connectivity index (χ2n) is 5.26. The molecule has 5 nitrogen and oxygen atoms in total. The molecule has 0 unspecified atom stereocenters. The van der Waals surface area contributed by atoms with Crippen molar-refractivity contribution in [3.05, 3.63) is 0 Å². The van der Waals surface area contributed by atoms with Gasteiger partial charge in [-0.3, -0.25) is 0 Å². The van der Waals surface area contributed by atoms with E-state index in [-0.39, 0.29) is 18.8 Å². The second-order valence-corrected chi connectivity index (χ2v) is 5.26. The fourth-order valence-electron chi connectivity index (χ4n) is 1.75. The number of hydrogen-bond donors (Lipinski definition) is 1. The summed E-state index contributed by atoms with van der Waals surface area (Å²) in [5, 5.41) is 8.66. The van der Waals surface area contributed by atoms with E-state index in [0.717, 1.165) is 12.8 Å². The van der Waals surface area contributed by atoms with E-state index in [4.69, 9.17) is 14.6 Å². The molecule has 0 aromatic heterocycles. The Morgan fingerprint density at radius 2 is 1.89 bits per heavy atom. The summed E-state index contributed by atoms with van der Waals surface area (Å²) >= 11 is 4.01. The number of rotatable bonds is 3. The van der Waals surface area contributed by atoms with Gasteiger partial charge in [-0.2, -0.15) is 0 Å². The Kier molecular flexibility index (Phi) is 10.6. The summed E-state index contributed by atoms with van der Waals surface area (Å²) in [7, 11) is 0. The number of carbonyl (C=O) groups excluding carboxylic acids is 1. The van der Waals surface area contributed by atoms with Gasteiger partial charge in [0, 0.05) is 13.1 Å². The van der Waals surface area contributed by atoms with Crippen molar-refractivity contribution in [1.82, 2.24) is 4.90 Å². The molecule has 0 aromatic carbocycles. The summed E-state index contributed by atoms with van der Waals surface area (Å²) in [5.41, 5.74) is -0.443. The quantitative estimate of drug-likeness (QED) is 0.537. The molecule has 115 valence electrons. The summed E-state index contributed by atoms with van der Waals surface area (Å²) in [6.45, 7) is 7.32. The van der Waals surface area contributed by atoms with Gasteiger partial charge in [0.1, 0.15) is 5.60 Å². The van der Waals surface area contributed by atoms with Crippen LogP contribution in [-0.2, 0) is 24.5 Å². The van der Waals surface area contributed by atoms with Gasteiger partial charge >= 0.3 is 40.8 Å². The van der Waals surface area contributed by atoms with E-state index in [0.29, 0.717) is 19.7 Å². The van der Waals surface area contributed by atoms with Crippen LogP contribution in [0, 0.1) is 0 Å². The third-order valence-corrected chi connectivity index (χ3v) is 2.54. The molecule has 0 radical (unpaired) electrons. The van der Waals surface area contributed by atoms with Crippen LogP contribution in [0.3, 0.4) is 0 Å². The number of hydrogen-bond acceptors (Lipinski definition) is 4. The molecule has 0 bridgehead atoms. The molecular weight excluding hydrogens is 539 g/mol. The van der Waals surface area contributed by atoms with Crippen LogP contribution in [0.4, 0.5) is 4.79 Å². The maximum atomic E-state index is 11.8. The van der Waals surface area contributed by atoms with E-state index < -0.39 is 5.60 Å². The van der Waals surface area contributed by atoms with Crippen LogP contribution >= 0.6 is 19.7 Å². The normalized spacial score (nSPS) is 16.6. The summed E-state index contributed by atoms with van der Waals surface area (Å²) in [6.07, 6.45) is 1.51. The first kappa shape index (κ1) is 19.6. The molecule has 1 heterocycles. The summed E-state index contributed by atoms with van der Waals surface area (Å²) in [5.74, 6) is 0. The van der Waals surface area contributed by atoms with Gasteiger partial charge in [0.15, 0.2) is 0 Å². The van der Waals surface area contributed by atoms with Gasteiger partial charge in [-0.15, -0.1) is 0 Å². The third kappa shape index (κ3) is 9.17. The van der Waals surface area contributed by atoms with E-state index in [2.05, 4.69) is 19.7 Å². The van der Waals surface area contributed by atoms with Gasteiger partial charge in [-0.05, 0) is 33.6 Å². The Balaban J connectivity index is 0.00000154. The molecule has 1 amide bonds. The third-order valence-electron chi connectivity index (χ3n) is 2.54. The predicted molar refractivity (Wildman–Crippen MR) is 77.9 cm³/mol. The predicted octanol–water partition coefficient (Wildman–Crippen LogP) is 2.28. The second kappa shape index (κ2) is 10.3. The van der Waals surface area contributed by atoms with E-state index >= 15 is 0 Å². The Bertz CT molecular complexity index is 253. The van der Waals surface area contributed by atoms with Gasteiger partial charge in [0.2, 0.25) is 0 Å². The SMILES string of the molecule is CC(C)(C)OC(=O)N1CCC(OCCO)CC1.[I][Os]. The first-order valence-corrected chi connectivity index (χ1v) is 13.5. The number of ether oxygens (including phenoxy) is 2. The average Bonchev–Trinajstić information content (AvgIpc) is 2.37. The number of nitrogens with zero attached hydrogens (tertiary/aromatic N) is 1. The van der Waals surface area contributed by atoms with Crippen molar-refractivity contribution >= 4 is 25.8 Å². The zero-order chi connectivity index (χ0) is 14.9. The fourth-order valence-corrected chi connectivity index (χ4v) is 1.75. The monoisotopic (exact) mass is 564 g/mol. The molecule has 1 saturated heterocycles. The molecule has 1 aliphatic heterocycles. The van der Waals surface area contributed by atoms with Crippen LogP contribution in [0.2, 0.25) is 0 Å². The number of amides is 1. The molecule has 0 aliphatic carbocycles. The van der Waals surface area contributed by atoms with Crippen molar-refractivity contribution < 1.29 is 34.4 Å².